The molecule has 3 aromatic heterocycles. The van der Waals surface area contributed by atoms with E-state index in [9.17, 15) is 4.39 Å². The van der Waals surface area contributed by atoms with E-state index in [2.05, 4.69) is 10.1 Å². The SMILES string of the molecule is Fc1ccc2nc(-c3cnn(-c4ccccc4)c3)cn2c1. The molecule has 0 aliphatic carbocycles. The summed E-state index contributed by atoms with van der Waals surface area (Å²) < 4.78 is 16.7. The monoisotopic (exact) mass is 278 g/mol. The molecule has 0 spiro atoms. The number of imidazole rings is 1. The Morgan fingerprint density at radius 1 is 0.905 bits per heavy atom. The van der Waals surface area contributed by atoms with Crippen molar-refractivity contribution in [2.75, 3.05) is 0 Å². The van der Waals surface area contributed by atoms with E-state index in [-0.39, 0.29) is 5.82 Å². The van der Waals surface area contributed by atoms with Gasteiger partial charge in [0.15, 0.2) is 0 Å². The van der Waals surface area contributed by atoms with Crippen LogP contribution in [-0.2, 0) is 0 Å². The Bertz CT molecular complexity index is 908. The van der Waals surface area contributed by atoms with Crippen molar-refractivity contribution < 1.29 is 4.39 Å². The summed E-state index contributed by atoms with van der Waals surface area (Å²) >= 11 is 0. The van der Waals surface area contributed by atoms with Gasteiger partial charge in [-0.1, -0.05) is 18.2 Å². The van der Waals surface area contributed by atoms with Gasteiger partial charge in [-0.15, -0.1) is 0 Å². The van der Waals surface area contributed by atoms with E-state index in [1.165, 1.54) is 12.3 Å². The van der Waals surface area contributed by atoms with Crippen molar-refractivity contribution in [2.24, 2.45) is 0 Å². The smallest absolute Gasteiger partial charge is 0.139 e. The van der Waals surface area contributed by atoms with Gasteiger partial charge >= 0.3 is 0 Å². The number of hydrogen-bond donors (Lipinski definition) is 0. The van der Waals surface area contributed by atoms with Gasteiger partial charge in [-0.2, -0.15) is 5.10 Å². The first-order chi connectivity index (χ1) is 10.3. The minimum Gasteiger partial charge on any atom is -0.304 e. The zero-order valence-corrected chi connectivity index (χ0v) is 11.0. The molecule has 0 radical (unpaired) electrons. The quantitative estimate of drug-likeness (QED) is 0.564. The molecule has 0 unspecified atom stereocenters. The topological polar surface area (TPSA) is 35.1 Å². The molecule has 0 saturated carbocycles. The fourth-order valence-corrected chi connectivity index (χ4v) is 2.28. The van der Waals surface area contributed by atoms with E-state index in [1.807, 2.05) is 36.5 Å². The minimum atomic E-state index is -0.286. The molecule has 4 nitrogen and oxygen atoms in total. The van der Waals surface area contributed by atoms with Crippen molar-refractivity contribution in [1.82, 2.24) is 19.2 Å². The van der Waals surface area contributed by atoms with Gasteiger partial charge in [0.05, 0.1) is 17.6 Å². The summed E-state index contributed by atoms with van der Waals surface area (Å²) in [4.78, 5) is 4.47. The Balaban J connectivity index is 1.77. The van der Waals surface area contributed by atoms with Gasteiger partial charge < -0.3 is 4.40 Å². The Hall–Kier alpha value is -2.95. The van der Waals surface area contributed by atoms with Crippen LogP contribution >= 0.6 is 0 Å². The average Bonchev–Trinajstić information content (AvgIpc) is 3.14. The number of aromatic nitrogens is 4. The van der Waals surface area contributed by atoms with Crippen LogP contribution in [0.1, 0.15) is 0 Å². The molecule has 0 aliphatic heterocycles. The van der Waals surface area contributed by atoms with Crippen molar-refractivity contribution in [1.29, 1.82) is 0 Å². The third kappa shape index (κ3) is 2.08. The van der Waals surface area contributed by atoms with Gasteiger partial charge in [0.1, 0.15) is 11.5 Å². The molecule has 0 fully saturated rings. The van der Waals surface area contributed by atoms with Crippen LogP contribution in [0.5, 0.6) is 0 Å². The maximum Gasteiger partial charge on any atom is 0.139 e. The van der Waals surface area contributed by atoms with Crippen molar-refractivity contribution >= 4 is 5.65 Å². The Morgan fingerprint density at radius 2 is 1.76 bits per heavy atom. The summed E-state index contributed by atoms with van der Waals surface area (Å²) in [7, 11) is 0. The molecule has 5 heteroatoms. The number of benzene rings is 1. The molecule has 0 N–H and O–H groups in total. The number of pyridine rings is 1. The number of rotatable bonds is 2. The number of para-hydroxylation sites is 1. The highest BCUT2D eigenvalue weighted by Gasteiger charge is 2.08. The zero-order valence-electron chi connectivity index (χ0n) is 11.0. The summed E-state index contributed by atoms with van der Waals surface area (Å²) in [6.07, 6.45) is 6.87. The lowest BCUT2D eigenvalue weighted by Gasteiger charge is -1.98. The lowest BCUT2D eigenvalue weighted by atomic mass is 10.3. The lowest BCUT2D eigenvalue weighted by molar-refractivity contribution is 0.619. The number of halogens is 1. The van der Waals surface area contributed by atoms with Crippen LogP contribution in [0, 0.1) is 5.82 Å². The van der Waals surface area contributed by atoms with Gasteiger partial charge in [0, 0.05) is 24.2 Å². The number of fused-ring (bicyclic) bond motifs is 1. The molecule has 0 amide bonds. The van der Waals surface area contributed by atoms with E-state index in [0.717, 1.165) is 16.9 Å². The second-order valence-electron chi connectivity index (χ2n) is 4.75. The average molecular weight is 278 g/mol. The van der Waals surface area contributed by atoms with Gasteiger partial charge in [-0.05, 0) is 24.3 Å². The largest absolute Gasteiger partial charge is 0.304 e. The van der Waals surface area contributed by atoms with E-state index in [1.54, 1.807) is 27.5 Å². The van der Waals surface area contributed by atoms with Gasteiger partial charge in [0.2, 0.25) is 0 Å². The predicted molar refractivity (Wildman–Crippen MR) is 77.7 cm³/mol. The maximum atomic E-state index is 13.2. The van der Waals surface area contributed by atoms with Gasteiger partial charge in [0.25, 0.3) is 0 Å². The first-order valence-corrected chi connectivity index (χ1v) is 6.54. The molecule has 0 aliphatic rings. The summed E-state index contributed by atoms with van der Waals surface area (Å²) in [5.74, 6) is -0.286. The second-order valence-corrected chi connectivity index (χ2v) is 4.75. The second kappa shape index (κ2) is 4.56. The molecule has 21 heavy (non-hydrogen) atoms. The molecule has 0 bridgehead atoms. The normalized spacial score (nSPS) is 11.1. The first kappa shape index (κ1) is 11.8. The van der Waals surface area contributed by atoms with Crippen LogP contribution in [0.15, 0.2) is 67.3 Å². The lowest BCUT2D eigenvalue weighted by Crippen LogP contribution is -1.92. The molecular formula is C16H11FN4. The summed E-state index contributed by atoms with van der Waals surface area (Å²) in [6, 6.07) is 12.9. The molecule has 4 aromatic rings. The Labute approximate surface area is 120 Å². The Morgan fingerprint density at radius 3 is 2.62 bits per heavy atom. The predicted octanol–water partition coefficient (Wildman–Crippen LogP) is 3.33. The van der Waals surface area contributed by atoms with E-state index >= 15 is 0 Å². The van der Waals surface area contributed by atoms with E-state index in [4.69, 9.17) is 0 Å². The van der Waals surface area contributed by atoms with Crippen molar-refractivity contribution in [3.63, 3.8) is 0 Å². The van der Waals surface area contributed by atoms with Gasteiger partial charge in [-0.3, -0.25) is 0 Å². The van der Waals surface area contributed by atoms with Crippen LogP contribution in [0.25, 0.3) is 22.6 Å². The first-order valence-electron chi connectivity index (χ1n) is 6.54. The molecule has 3 heterocycles. The molecule has 102 valence electrons. The van der Waals surface area contributed by atoms with Crippen LogP contribution in [-0.4, -0.2) is 19.2 Å². The minimum absolute atomic E-state index is 0.286. The molecular weight excluding hydrogens is 267 g/mol. The number of nitrogens with zero attached hydrogens (tertiary/aromatic N) is 4. The highest BCUT2D eigenvalue weighted by molar-refractivity contribution is 5.61. The van der Waals surface area contributed by atoms with Crippen molar-refractivity contribution in [3.8, 4) is 16.9 Å². The third-order valence-electron chi connectivity index (χ3n) is 3.31. The Kier molecular flexibility index (Phi) is 2.57. The summed E-state index contributed by atoms with van der Waals surface area (Å²) in [6.45, 7) is 0. The number of hydrogen-bond acceptors (Lipinski definition) is 2. The molecule has 0 saturated heterocycles. The molecule has 0 atom stereocenters. The molecule has 1 aromatic carbocycles. The summed E-state index contributed by atoms with van der Waals surface area (Å²) in [5.41, 5.74) is 3.35. The molecule has 4 rings (SSSR count). The van der Waals surface area contributed by atoms with E-state index < -0.39 is 0 Å². The summed E-state index contributed by atoms with van der Waals surface area (Å²) in [5, 5.41) is 4.34. The fraction of sp³-hybridized carbons (Fsp3) is 0. The standard InChI is InChI=1S/C16H11FN4/c17-13-6-7-16-19-15(11-20(16)10-13)12-8-18-21(9-12)14-4-2-1-3-5-14/h1-11H. The third-order valence-corrected chi connectivity index (χ3v) is 3.31. The van der Waals surface area contributed by atoms with Crippen LogP contribution in [0.2, 0.25) is 0 Å². The van der Waals surface area contributed by atoms with E-state index in [0.29, 0.717) is 5.65 Å². The van der Waals surface area contributed by atoms with Crippen LogP contribution in [0.4, 0.5) is 4.39 Å². The van der Waals surface area contributed by atoms with Crippen molar-refractivity contribution in [2.45, 2.75) is 0 Å². The van der Waals surface area contributed by atoms with Crippen LogP contribution < -0.4 is 0 Å². The highest BCUT2D eigenvalue weighted by Crippen LogP contribution is 2.20. The maximum absolute atomic E-state index is 13.2. The van der Waals surface area contributed by atoms with Gasteiger partial charge in [-0.25, -0.2) is 14.1 Å². The van der Waals surface area contributed by atoms with Crippen molar-refractivity contribution in [3.05, 3.63) is 73.1 Å². The fourth-order valence-electron chi connectivity index (χ4n) is 2.28. The highest BCUT2D eigenvalue weighted by atomic mass is 19.1. The van der Waals surface area contributed by atoms with Crippen LogP contribution in [0.3, 0.4) is 0 Å². The zero-order chi connectivity index (χ0) is 14.2.